The number of aliphatic carboxylic acids is 2. The molecule has 1 aromatic carbocycles. The molecule has 2 rings (SSSR count). The van der Waals surface area contributed by atoms with E-state index in [0.29, 0.717) is 6.10 Å². The molecule has 6 nitrogen and oxygen atoms in total. The van der Waals surface area contributed by atoms with Crippen molar-refractivity contribution in [2.24, 2.45) is 0 Å². The molecule has 3 N–H and O–H groups in total. The lowest BCUT2D eigenvalue weighted by molar-refractivity contribution is -0.159. The lowest BCUT2D eigenvalue weighted by Gasteiger charge is -2.27. The zero-order valence-electron chi connectivity index (χ0n) is 9.92. The Hall–Kier alpha value is -2.08. The molecule has 1 saturated heterocycles. The monoisotopic (exact) mass is 253 g/mol. The third-order valence-electron chi connectivity index (χ3n) is 2.25. The third-order valence-corrected chi connectivity index (χ3v) is 2.25. The predicted octanol–water partition coefficient (Wildman–Crippen LogP) is 0.501. The fraction of sp³-hybridized carbons (Fsp3) is 0.333. The minimum Gasteiger partial charge on any atom is -0.488 e. The van der Waals surface area contributed by atoms with Crippen LogP contribution in [0.5, 0.6) is 5.75 Å². The van der Waals surface area contributed by atoms with E-state index in [0.717, 1.165) is 18.8 Å². The Labute approximate surface area is 104 Å². The number of aryl methyl sites for hydroxylation is 1. The van der Waals surface area contributed by atoms with Crippen LogP contribution in [0.25, 0.3) is 0 Å². The molecule has 1 heterocycles. The maximum absolute atomic E-state index is 9.10. The number of hydrogen-bond acceptors (Lipinski definition) is 4. The van der Waals surface area contributed by atoms with Crippen LogP contribution < -0.4 is 10.1 Å². The SMILES string of the molecule is Cc1ccc(OC2CNC2)cc1.O=C(O)C(=O)O. The van der Waals surface area contributed by atoms with E-state index in [1.807, 2.05) is 12.1 Å². The number of carbonyl (C=O) groups is 2. The number of nitrogens with one attached hydrogen (secondary N) is 1. The topological polar surface area (TPSA) is 95.9 Å². The van der Waals surface area contributed by atoms with E-state index in [4.69, 9.17) is 24.5 Å². The predicted molar refractivity (Wildman–Crippen MR) is 63.7 cm³/mol. The van der Waals surface area contributed by atoms with Gasteiger partial charge < -0.3 is 20.3 Å². The molecule has 0 bridgehead atoms. The number of hydrogen-bond donors (Lipinski definition) is 3. The van der Waals surface area contributed by atoms with Crippen LogP contribution in [0.15, 0.2) is 24.3 Å². The first-order valence-corrected chi connectivity index (χ1v) is 5.39. The Morgan fingerprint density at radius 1 is 1.17 bits per heavy atom. The van der Waals surface area contributed by atoms with Crippen molar-refractivity contribution in [2.75, 3.05) is 13.1 Å². The zero-order valence-corrected chi connectivity index (χ0v) is 9.92. The van der Waals surface area contributed by atoms with E-state index in [9.17, 15) is 0 Å². The summed E-state index contributed by atoms with van der Waals surface area (Å²) in [5, 5.41) is 18.0. The summed E-state index contributed by atoms with van der Waals surface area (Å²) in [5.41, 5.74) is 1.27. The summed E-state index contributed by atoms with van der Waals surface area (Å²) in [6.07, 6.45) is 0.382. The minimum atomic E-state index is -1.82. The van der Waals surface area contributed by atoms with Crippen LogP contribution in [0.3, 0.4) is 0 Å². The van der Waals surface area contributed by atoms with Crippen molar-refractivity contribution in [2.45, 2.75) is 13.0 Å². The molecule has 0 aliphatic carbocycles. The summed E-state index contributed by atoms with van der Waals surface area (Å²) in [5.74, 6) is -2.67. The fourth-order valence-corrected chi connectivity index (χ4v) is 1.15. The molecule has 0 aromatic heterocycles. The minimum absolute atomic E-state index is 0.382. The Morgan fingerprint density at radius 2 is 1.67 bits per heavy atom. The summed E-state index contributed by atoms with van der Waals surface area (Å²) in [7, 11) is 0. The highest BCUT2D eigenvalue weighted by molar-refractivity contribution is 6.27. The molecule has 1 aliphatic rings. The average molecular weight is 253 g/mol. The average Bonchev–Trinajstić information content (AvgIpc) is 2.26. The van der Waals surface area contributed by atoms with Gasteiger partial charge in [0.25, 0.3) is 0 Å². The number of ether oxygens (including phenoxy) is 1. The van der Waals surface area contributed by atoms with Crippen LogP contribution >= 0.6 is 0 Å². The quantitative estimate of drug-likeness (QED) is 0.664. The van der Waals surface area contributed by atoms with Crippen LogP contribution in [0.4, 0.5) is 0 Å². The van der Waals surface area contributed by atoms with Gasteiger partial charge >= 0.3 is 11.9 Å². The van der Waals surface area contributed by atoms with Crippen LogP contribution in [0.1, 0.15) is 5.56 Å². The highest BCUT2D eigenvalue weighted by atomic mass is 16.5. The smallest absolute Gasteiger partial charge is 0.414 e. The molecular weight excluding hydrogens is 238 g/mol. The molecule has 1 aromatic rings. The summed E-state index contributed by atoms with van der Waals surface area (Å²) >= 11 is 0. The van der Waals surface area contributed by atoms with Gasteiger partial charge in [-0.1, -0.05) is 17.7 Å². The third kappa shape index (κ3) is 4.84. The van der Waals surface area contributed by atoms with Crippen molar-refractivity contribution < 1.29 is 24.5 Å². The Morgan fingerprint density at radius 3 is 2.00 bits per heavy atom. The molecule has 0 atom stereocenters. The summed E-state index contributed by atoms with van der Waals surface area (Å²) in [6.45, 7) is 4.04. The Kier molecular flexibility index (Phi) is 5.13. The van der Waals surface area contributed by atoms with E-state index in [-0.39, 0.29) is 0 Å². The van der Waals surface area contributed by atoms with Crippen LogP contribution in [0.2, 0.25) is 0 Å². The van der Waals surface area contributed by atoms with E-state index >= 15 is 0 Å². The maximum atomic E-state index is 9.10. The second-order valence-electron chi connectivity index (χ2n) is 3.82. The Bertz CT molecular complexity index is 399. The van der Waals surface area contributed by atoms with Gasteiger partial charge in [0.05, 0.1) is 0 Å². The highest BCUT2D eigenvalue weighted by Crippen LogP contribution is 2.14. The lowest BCUT2D eigenvalue weighted by atomic mass is 10.2. The van der Waals surface area contributed by atoms with E-state index in [2.05, 4.69) is 24.4 Å². The summed E-state index contributed by atoms with van der Waals surface area (Å²) in [6, 6.07) is 8.18. The fourth-order valence-electron chi connectivity index (χ4n) is 1.15. The van der Waals surface area contributed by atoms with Gasteiger partial charge in [-0.15, -0.1) is 0 Å². The van der Waals surface area contributed by atoms with Gasteiger partial charge in [-0.3, -0.25) is 0 Å². The Balaban J connectivity index is 0.000000232. The molecule has 0 amide bonds. The second kappa shape index (κ2) is 6.61. The number of carboxylic acids is 2. The van der Waals surface area contributed by atoms with Crippen molar-refractivity contribution >= 4 is 11.9 Å². The first-order chi connectivity index (χ1) is 8.49. The first-order valence-electron chi connectivity index (χ1n) is 5.39. The summed E-state index contributed by atoms with van der Waals surface area (Å²) < 4.78 is 5.64. The van der Waals surface area contributed by atoms with Crippen molar-refractivity contribution in [3.63, 3.8) is 0 Å². The molecule has 0 spiro atoms. The molecule has 1 fully saturated rings. The standard InChI is InChI=1S/C10H13NO.C2H2O4/c1-8-2-4-9(5-3-8)12-10-6-11-7-10;3-1(4)2(5)6/h2-5,10-11H,6-7H2,1H3;(H,3,4)(H,5,6). The van der Waals surface area contributed by atoms with Gasteiger partial charge in [0.2, 0.25) is 0 Å². The van der Waals surface area contributed by atoms with E-state index < -0.39 is 11.9 Å². The molecule has 18 heavy (non-hydrogen) atoms. The van der Waals surface area contributed by atoms with Crippen LogP contribution in [-0.2, 0) is 9.59 Å². The maximum Gasteiger partial charge on any atom is 0.414 e. The van der Waals surface area contributed by atoms with Gasteiger partial charge in [-0.25, -0.2) is 9.59 Å². The molecule has 98 valence electrons. The van der Waals surface area contributed by atoms with Gasteiger partial charge in [0, 0.05) is 13.1 Å². The van der Waals surface area contributed by atoms with Crippen LogP contribution in [0, 0.1) is 6.92 Å². The van der Waals surface area contributed by atoms with E-state index in [1.165, 1.54) is 5.56 Å². The van der Waals surface area contributed by atoms with Gasteiger partial charge in [0.15, 0.2) is 0 Å². The molecule has 6 heteroatoms. The van der Waals surface area contributed by atoms with Crippen molar-refractivity contribution in [3.8, 4) is 5.75 Å². The molecule has 0 radical (unpaired) electrons. The molecule has 0 saturated carbocycles. The van der Waals surface area contributed by atoms with E-state index in [1.54, 1.807) is 0 Å². The summed E-state index contributed by atoms with van der Waals surface area (Å²) in [4.78, 5) is 18.2. The van der Waals surface area contributed by atoms with Gasteiger partial charge in [0.1, 0.15) is 11.9 Å². The van der Waals surface area contributed by atoms with Gasteiger partial charge in [-0.05, 0) is 19.1 Å². The number of carboxylic acid groups (broad SMARTS) is 2. The largest absolute Gasteiger partial charge is 0.488 e. The molecular formula is C12H15NO5. The second-order valence-corrected chi connectivity index (χ2v) is 3.82. The number of benzene rings is 1. The van der Waals surface area contributed by atoms with Crippen LogP contribution in [-0.4, -0.2) is 41.3 Å². The van der Waals surface area contributed by atoms with Gasteiger partial charge in [-0.2, -0.15) is 0 Å². The highest BCUT2D eigenvalue weighted by Gasteiger charge is 2.17. The van der Waals surface area contributed by atoms with Crippen molar-refractivity contribution in [3.05, 3.63) is 29.8 Å². The number of rotatable bonds is 2. The van der Waals surface area contributed by atoms with Crippen molar-refractivity contribution in [1.29, 1.82) is 0 Å². The van der Waals surface area contributed by atoms with Crippen molar-refractivity contribution in [1.82, 2.24) is 5.32 Å². The molecule has 0 unspecified atom stereocenters. The normalized spacial score (nSPS) is 13.8. The first kappa shape index (κ1) is 14.0. The zero-order chi connectivity index (χ0) is 13.5. The molecule has 1 aliphatic heterocycles. The lowest BCUT2D eigenvalue weighted by Crippen LogP contribution is -2.50.